The molecule has 0 N–H and O–H groups in total. The maximum absolute atomic E-state index is 9.82. The highest BCUT2D eigenvalue weighted by Gasteiger charge is 1.74. The molecule has 0 aliphatic rings. The van der Waals surface area contributed by atoms with E-state index in [2.05, 4.69) is 12.3 Å². The molecule has 0 aliphatic carbocycles. The molecule has 0 saturated carbocycles. The minimum atomic E-state index is -2.11. The van der Waals surface area contributed by atoms with Crippen molar-refractivity contribution in [2.45, 2.75) is 6.92 Å². The van der Waals surface area contributed by atoms with Crippen LogP contribution < -0.4 is 0 Å². The van der Waals surface area contributed by atoms with Crippen LogP contribution >= 0.6 is 0 Å². The molecule has 44 valence electrons. The van der Waals surface area contributed by atoms with Crippen molar-refractivity contribution in [3.8, 4) is 0 Å². The summed E-state index contributed by atoms with van der Waals surface area (Å²) in [5, 5.41) is 1.05. The van der Waals surface area contributed by atoms with Gasteiger partial charge in [0.2, 0.25) is 10.3 Å². The Bertz CT molecular complexity index is 232. The fourth-order valence-electron chi connectivity index (χ4n) is 0.186. The van der Waals surface area contributed by atoms with E-state index in [9.17, 15) is 8.42 Å². The summed E-state index contributed by atoms with van der Waals surface area (Å²) in [5.41, 5.74) is 2.94. The molecule has 0 heterocycles. The standard InChI is InChI=1S/C5H6O2S/c1-3-5(2)4-8(6)7/h4H,1H2,2H3. The van der Waals surface area contributed by atoms with Gasteiger partial charge in [0.1, 0.15) is 0 Å². The van der Waals surface area contributed by atoms with Crippen LogP contribution in [-0.4, -0.2) is 13.8 Å². The molecule has 0 radical (unpaired) electrons. The van der Waals surface area contributed by atoms with Crippen LogP contribution in [0, 0.1) is 0 Å². The Morgan fingerprint density at radius 1 is 1.75 bits per heavy atom. The normalized spacial score (nSPS) is 7.12. The molecule has 8 heavy (non-hydrogen) atoms. The van der Waals surface area contributed by atoms with E-state index in [0.29, 0.717) is 5.57 Å². The van der Waals surface area contributed by atoms with Gasteiger partial charge in [-0.2, -0.15) is 8.42 Å². The van der Waals surface area contributed by atoms with Crippen LogP contribution in [0.1, 0.15) is 6.92 Å². The molecule has 0 bridgehead atoms. The van der Waals surface area contributed by atoms with Gasteiger partial charge < -0.3 is 0 Å². The van der Waals surface area contributed by atoms with Crippen molar-refractivity contribution >= 4 is 15.7 Å². The average molecular weight is 130 g/mol. The maximum Gasteiger partial charge on any atom is 0.214 e. The monoisotopic (exact) mass is 130 g/mol. The fourth-order valence-corrected chi connectivity index (χ4v) is 0.558. The molecule has 0 aromatic rings. The summed E-state index contributed by atoms with van der Waals surface area (Å²) in [6.45, 7) is 4.86. The van der Waals surface area contributed by atoms with E-state index >= 15 is 0 Å². The van der Waals surface area contributed by atoms with E-state index in [-0.39, 0.29) is 0 Å². The van der Waals surface area contributed by atoms with Crippen molar-refractivity contribution in [3.05, 3.63) is 17.9 Å². The smallest absolute Gasteiger partial charge is 0.185 e. The first kappa shape index (κ1) is 7.21. The molecular formula is C5H6O2S. The van der Waals surface area contributed by atoms with E-state index in [4.69, 9.17) is 0 Å². The van der Waals surface area contributed by atoms with Crippen LogP contribution in [-0.2, 0) is 10.3 Å². The maximum atomic E-state index is 9.82. The minimum absolute atomic E-state index is 0.526. The second-order valence-corrected chi connectivity index (χ2v) is 1.99. The predicted molar refractivity (Wildman–Crippen MR) is 33.3 cm³/mol. The third kappa shape index (κ3) is 3.40. The SMILES string of the molecule is C=C=C(C)C=S(=O)=O. The molecule has 0 aromatic carbocycles. The molecule has 0 saturated heterocycles. The van der Waals surface area contributed by atoms with Gasteiger partial charge in [0.25, 0.3) is 0 Å². The summed E-state index contributed by atoms with van der Waals surface area (Å²) in [6, 6.07) is 0. The van der Waals surface area contributed by atoms with Crippen molar-refractivity contribution in [1.29, 1.82) is 0 Å². The second-order valence-electron chi connectivity index (χ2n) is 1.24. The van der Waals surface area contributed by atoms with E-state index < -0.39 is 10.3 Å². The van der Waals surface area contributed by atoms with Gasteiger partial charge in [-0.1, -0.05) is 6.58 Å². The lowest BCUT2D eigenvalue weighted by atomic mass is 10.4. The molecule has 0 rings (SSSR count). The Morgan fingerprint density at radius 2 is 2.25 bits per heavy atom. The lowest BCUT2D eigenvalue weighted by Crippen LogP contribution is -1.73. The molecule has 0 unspecified atom stereocenters. The first-order chi connectivity index (χ1) is 3.66. The summed E-state index contributed by atoms with van der Waals surface area (Å²) in [6.07, 6.45) is 0. The van der Waals surface area contributed by atoms with Crippen molar-refractivity contribution in [1.82, 2.24) is 0 Å². The second kappa shape index (κ2) is 3.24. The van der Waals surface area contributed by atoms with Gasteiger partial charge in [-0.25, -0.2) is 0 Å². The molecule has 0 fully saturated rings. The third-order valence-electron chi connectivity index (χ3n) is 0.552. The van der Waals surface area contributed by atoms with Gasteiger partial charge in [0.05, 0.1) is 5.37 Å². The Labute approximate surface area is 49.7 Å². The van der Waals surface area contributed by atoms with E-state index in [1.54, 1.807) is 6.92 Å². The van der Waals surface area contributed by atoms with Crippen LogP contribution in [0.2, 0.25) is 0 Å². The Kier molecular flexibility index (Phi) is 2.92. The molecular weight excluding hydrogens is 124 g/mol. The van der Waals surface area contributed by atoms with Gasteiger partial charge in [0, 0.05) is 5.57 Å². The first-order valence-corrected chi connectivity index (χ1v) is 3.10. The van der Waals surface area contributed by atoms with Crippen molar-refractivity contribution in [2.75, 3.05) is 0 Å². The third-order valence-corrected chi connectivity index (χ3v) is 1.10. The molecule has 0 aromatic heterocycles. The highest BCUT2D eigenvalue weighted by molar-refractivity contribution is 7.71. The highest BCUT2D eigenvalue weighted by atomic mass is 32.2. The first-order valence-electron chi connectivity index (χ1n) is 1.96. The van der Waals surface area contributed by atoms with Gasteiger partial charge in [-0.05, 0) is 6.92 Å². The van der Waals surface area contributed by atoms with Crippen molar-refractivity contribution < 1.29 is 8.42 Å². The average Bonchev–Trinajstić information content (AvgIpc) is 1.65. The Hall–Kier alpha value is -0.790. The predicted octanol–water partition coefficient (Wildman–Crippen LogP) is 0.399. The lowest BCUT2D eigenvalue weighted by molar-refractivity contribution is 0.627. The van der Waals surface area contributed by atoms with E-state index in [1.807, 2.05) is 0 Å². The van der Waals surface area contributed by atoms with Crippen LogP contribution in [0.15, 0.2) is 17.9 Å². The van der Waals surface area contributed by atoms with Gasteiger partial charge in [-0.15, -0.1) is 5.73 Å². The zero-order valence-electron chi connectivity index (χ0n) is 4.51. The van der Waals surface area contributed by atoms with Gasteiger partial charge in [0.15, 0.2) is 0 Å². The fraction of sp³-hybridized carbons (Fsp3) is 0.200. The van der Waals surface area contributed by atoms with Gasteiger partial charge in [-0.3, -0.25) is 0 Å². The van der Waals surface area contributed by atoms with Crippen LogP contribution in [0.5, 0.6) is 0 Å². The van der Waals surface area contributed by atoms with Crippen LogP contribution in [0.4, 0.5) is 0 Å². The summed E-state index contributed by atoms with van der Waals surface area (Å²) in [7, 11) is -2.11. The molecule has 0 amide bonds. The van der Waals surface area contributed by atoms with E-state index in [1.165, 1.54) is 0 Å². The van der Waals surface area contributed by atoms with E-state index in [0.717, 1.165) is 5.37 Å². The number of rotatable bonds is 1. The van der Waals surface area contributed by atoms with Gasteiger partial charge >= 0.3 is 0 Å². The molecule has 0 atom stereocenters. The Morgan fingerprint density at radius 3 is 2.38 bits per heavy atom. The summed E-state index contributed by atoms with van der Waals surface area (Å²) >= 11 is 0. The molecule has 3 heteroatoms. The molecule has 2 nitrogen and oxygen atoms in total. The number of hydrogen-bond acceptors (Lipinski definition) is 2. The summed E-state index contributed by atoms with van der Waals surface area (Å²) in [4.78, 5) is 0. The largest absolute Gasteiger partial charge is 0.214 e. The number of allylic oxidation sites excluding steroid dienone is 1. The summed E-state index contributed by atoms with van der Waals surface area (Å²) in [5.74, 6) is 0. The number of hydrogen-bond donors (Lipinski definition) is 0. The Balaban J connectivity index is 4.61. The zero-order valence-corrected chi connectivity index (χ0v) is 5.33. The quantitative estimate of drug-likeness (QED) is 0.292. The lowest BCUT2D eigenvalue weighted by Gasteiger charge is -1.71. The van der Waals surface area contributed by atoms with Crippen molar-refractivity contribution in [2.24, 2.45) is 0 Å². The zero-order chi connectivity index (χ0) is 6.57. The van der Waals surface area contributed by atoms with Crippen LogP contribution in [0.25, 0.3) is 0 Å². The topological polar surface area (TPSA) is 34.1 Å². The molecule has 0 spiro atoms. The van der Waals surface area contributed by atoms with Crippen LogP contribution in [0.3, 0.4) is 0 Å². The highest BCUT2D eigenvalue weighted by Crippen LogP contribution is 1.77. The summed E-state index contributed by atoms with van der Waals surface area (Å²) < 4.78 is 19.6. The molecule has 0 aliphatic heterocycles. The minimum Gasteiger partial charge on any atom is -0.185 e. The van der Waals surface area contributed by atoms with Crippen molar-refractivity contribution in [3.63, 3.8) is 0 Å².